The number of aromatic nitrogens is 2. The second-order valence-corrected chi connectivity index (χ2v) is 6.97. The van der Waals surface area contributed by atoms with E-state index in [1.165, 1.54) is 0 Å². The van der Waals surface area contributed by atoms with Gasteiger partial charge in [0.2, 0.25) is 0 Å². The fraction of sp³-hybridized carbons (Fsp3) is 0.286. The SMILES string of the molecule is CNc1nc(-c2ccc(Cl)c(Br)c2)nc(C(C)C)c1I. The molecule has 0 bridgehead atoms. The molecule has 0 aliphatic heterocycles. The van der Waals surface area contributed by atoms with E-state index >= 15 is 0 Å². The average molecular weight is 467 g/mol. The summed E-state index contributed by atoms with van der Waals surface area (Å²) in [5.41, 5.74) is 1.99. The molecule has 0 aliphatic rings. The molecule has 0 radical (unpaired) electrons. The monoisotopic (exact) mass is 465 g/mol. The third-order valence-electron chi connectivity index (χ3n) is 2.84. The van der Waals surface area contributed by atoms with Crippen LogP contribution in [0.5, 0.6) is 0 Å². The summed E-state index contributed by atoms with van der Waals surface area (Å²) in [5, 5.41) is 3.81. The average Bonchev–Trinajstić information content (AvgIpc) is 2.42. The van der Waals surface area contributed by atoms with E-state index in [4.69, 9.17) is 16.6 Å². The van der Waals surface area contributed by atoms with Gasteiger partial charge in [-0.25, -0.2) is 9.97 Å². The fourth-order valence-electron chi connectivity index (χ4n) is 1.78. The van der Waals surface area contributed by atoms with Crippen molar-refractivity contribution in [1.82, 2.24) is 9.97 Å². The Morgan fingerprint density at radius 1 is 1.30 bits per heavy atom. The first-order valence-electron chi connectivity index (χ1n) is 6.14. The summed E-state index contributed by atoms with van der Waals surface area (Å²) in [7, 11) is 1.87. The lowest BCUT2D eigenvalue weighted by molar-refractivity contribution is 0.809. The summed E-state index contributed by atoms with van der Waals surface area (Å²) in [6, 6.07) is 5.71. The van der Waals surface area contributed by atoms with E-state index in [0.717, 1.165) is 25.1 Å². The van der Waals surface area contributed by atoms with Crippen LogP contribution in [0.4, 0.5) is 5.82 Å². The topological polar surface area (TPSA) is 37.8 Å². The maximum absolute atomic E-state index is 6.03. The van der Waals surface area contributed by atoms with Gasteiger partial charge in [-0.05, 0) is 62.6 Å². The highest BCUT2D eigenvalue weighted by Gasteiger charge is 2.15. The third-order valence-corrected chi connectivity index (χ3v) is 5.12. The summed E-state index contributed by atoms with van der Waals surface area (Å²) in [6.07, 6.45) is 0. The maximum atomic E-state index is 6.03. The Kier molecular flexibility index (Phi) is 5.25. The minimum Gasteiger partial charge on any atom is -0.372 e. The third kappa shape index (κ3) is 3.26. The molecule has 2 aromatic rings. The predicted octanol–water partition coefficient (Wildman–Crippen LogP) is 5.33. The van der Waals surface area contributed by atoms with Gasteiger partial charge in [-0.1, -0.05) is 25.4 Å². The zero-order valence-electron chi connectivity index (χ0n) is 11.3. The van der Waals surface area contributed by atoms with Gasteiger partial charge < -0.3 is 5.32 Å². The number of nitrogens with zero attached hydrogens (tertiary/aromatic N) is 2. The van der Waals surface area contributed by atoms with Gasteiger partial charge >= 0.3 is 0 Å². The Morgan fingerprint density at radius 2 is 2.00 bits per heavy atom. The van der Waals surface area contributed by atoms with Crippen LogP contribution >= 0.6 is 50.1 Å². The van der Waals surface area contributed by atoms with E-state index in [1.807, 2.05) is 25.2 Å². The lowest BCUT2D eigenvalue weighted by Gasteiger charge is -2.13. The molecule has 0 spiro atoms. The first kappa shape index (κ1) is 16.0. The summed E-state index contributed by atoms with van der Waals surface area (Å²) in [6.45, 7) is 4.26. The van der Waals surface area contributed by atoms with Crippen molar-refractivity contribution in [1.29, 1.82) is 0 Å². The van der Waals surface area contributed by atoms with Crippen molar-refractivity contribution in [3.63, 3.8) is 0 Å². The lowest BCUT2D eigenvalue weighted by atomic mass is 10.1. The molecular weight excluding hydrogens is 452 g/mol. The predicted molar refractivity (Wildman–Crippen MR) is 96.5 cm³/mol. The molecule has 1 aromatic carbocycles. The first-order chi connectivity index (χ1) is 9.43. The van der Waals surface area contributed by atoms with Crippen molar-refractivity contribution < 1.29 is 0 Å². The second kappa shape index (κ2) is 6.58. The van der Waals surface area contributed by atoms with Crippen LogP contribution in [0.2, 0.25) is 5.02 Å². The number of anilines is 1. The van der Waals surface area contributed by atoms with Gasteiger partial charge in [-0.3, -0.25) is 0 Å². The van der Waals surface area contributed by atoms with Gasteiger partial charge in [-0.15, -0.1) is 0 Å². The van der Waals surface area contributed by atoms with Crippen molar-refractivity contribution in [2.75, 3.05) is 12.4 Å². The van der Waals surface area contributed by atoms with E-state index < -0.39 is 0 Å². The maximum Gasteiger partial charge on any atom is 0.161 e. The van der Waals surface area contributed by atoms with E-state index in [2.05, 4.69) is 62.7 Å². The summed E-state index contributed by atoms with van der Waals surface area (Å²) >= 11 is 11.8. The van der Waals surface area contributed by atoms with Gasteiger partial charge in [0, 0.05) is 17.1 Å². The standard InChI is InChI=1S/C14H14BrClIN3/c1-7(2)12-11(17)14(18-3)20-13(19-12)8-4-5-10(16)9(15)6-8/h4-7H,1-3H3,(H,18,19,20). The van der Waals surface area contributed by atoms with Gasteiger partial charge in [0.1, 0.15) is 5.82 Å². The Bertz CT molecular complexity index is 647. The van der Waals surface area contributed by atoms with Crippen LogP contribution in [0.25, 0.3) is 11.4 Å². The van der Waals surface area contributed by atoms with Gasteiger partial charge in [0.15, 0.2) is 5.82 Å². The number of halogens is 3. The van der Waals surface area contributed by atoms with E-state index in [-0.39, 0.29) is 0 Å². The smallest absolute Gasteiger partial charge is 0.161 e. The molecule has 0 saturated carbocycles. The second-order valence-electron chi connectivity index (χ2n) is 4.63. The molecular formula is C14H14BrClIN3. The number of rotatable bonds is 3. The van der Waals surface area contributed by atoms with Crippen LogP contribution in [0, 0.1) is 3.57 Å². The van der Waals surface area contributed by atoms with Gasteiger partial charge in [0.25, 0.3) is 0 Å². The molecule has 0 saturated heterocycles. The van der Waals surface area contributed by atoms with Crippen LogP contribution in [0.3, 0.4) is 0 Å². The Hall–Kier alpha value is -0.400. The summed E-state index contributed by atoms with van der Waals surface area (Å²) < 4.78 is 1.91. The highest BCUT2D eigenvalue weighted by Crippen LogP contribution is 2.31. The Balaban J connectivity index is 2.61. The normalized spacial score (nSPS) is 10.9. The molecule has 0 atom stereocenters. The van der Waals surface area contributed by atoms with Crippen molar-refractivity contribution in [3.05, 3.63) is 37.0 Å². The zero-order valence-corrected chi connectivity index (χ0v) is 15.8. The number of benzene rings is 1. The first-order valence-corrected chi connectivity index (χ1v) is 8.39. The minimum absolute atomic E-state index is 0.339. The summed E-state index contributed by atoms with van der Waals surface area (Å²) in [5.74, 6) is 1.90. The molecule has 1 N–H and O–H groups in total. The molecule has 3 nitrogen and oxygen atoms in total. The van der Waals surface area contributed by atoms with Crippen molar-refractivity contribution in [3.8, 4) is 11.4 Å². The molecule has 0 unspecified atom stereocenters. The van der Waals surface area contributed by atoms with Crippen LogP contribution in [-0.2, 0) is 0 Å². The van der Waals surface area contributed by atoms with Crippen molar-refractivity contribution in [2.24, 2.45) is 0 Å². The highest BCUT2D eigenvalue weighted by atomic mass is 127. The fourth-order valence-corrected chi connectivity index (χ4v) is 3.41. The minimum atomic E-state index is 0.339. The Labute approximate surface area is 145 Å². The highest BCUT2D eigenvalue weighted by molar-refractivity contribution is 14.1. The molecule has 2 rings (SSSR count). The summed E-state index contributed by atoms with van der Waals surface area (Å²) in [4.78, 5) is 9.28. The van der Waals surface area contributed by atoms with Crippen LogP contribution < -0.4 is 5.32 Å². The Morgan fingerprint density at radius 3 is 2.55 bits per heavy atom. The molecule has 0 aliphatic carbocycles. The molecule has 0 fully saturated rings. The van der Waals surface area contributed by atoms with Crippen LogP contribution in [-0.4, -0.2) is 17.0 Å². The number of hydrogen-bond donors (Lipinski definition) is 1. The molecule has 0 amide bonds. The number of hydrogen-bond acceptors (Lipinski definition) is 3. The quantitative estimate of drug-likeness (QED) is 0.622. The van der Waals surface area contributed by atoms with E-state index in [1.54, 1.807) is 0 Å². The van der Waals surface area contributed by atoms with Crippen molar-refractivity contribution >= 4 is 55.9 Å². The molecule has 1 aromatic heterocycles. The van der Waals surface area contributed by atoms with E-state index in [0.29, 0.717) is 16.8 Å². The zero-order chi connectivity index (χ0) is 14.9. The lowest BCUT2D eigenvalue weighted by Crippen LogP contribution is -2.06. The number of nitrogens with one attached hydrogen (secondary N) is 1. The largest absolute Gasteiger partial charge is 0.372 e. The molecule has 1 heterocycles. The van der Waals surface area contributed by atoms with Crippen LogP contribution in [0.1, 0.15) is 25.5 Å². The van der Waals surface area contributed by atoms with Crippen LogP contribution in [0.15, 0.2) is 22.7 Å². The molecule has 20 heavy (non-hydrogen) atoms. The van der Waals surface area contributed by atoms with Crippen molar-refractivity contribution in [2.45, 2.75) is 19.8 Å². The van der Waals surface area contributed by atoms with Gasteiger partial charge in [0.05, 0.1) is 14.3 Å². The molecule has 106 valence electrons. The van der Waals surface area contributed by atoms with Gasteiger partial charge in [-0.2, -0.15) is 0 Å². The molecule has 6 heteroatoms. The van der Waals surface area contributed by atoms with E-state index in [9.17, 15) is 0 Å².